The summed E-state index contributed by atoms with van der Waals surface area (Å²) >= 11 is 0. The molecule has 0 unspecified atom stereocenters. The van der Waals surface area contributed by atoms with Gasteiger partial charge in [-0.1, -0.05) is 6.07 Å². The lowest BCUT2D eigenvalue weighted by atomic mass is 9.92. The van der Waals surface area contributed by atoms with E-state index in [9.17, 15) is 0 Å². The van der Waals surface area contributed by atoms with Gasteiger partial charge in [-0.05, 0) is 43.5 Å². The van der Waals surface area contributed by atoms with Crippen molar-refractivity contribution in [2.45, 2.75) is 25.4 Å². The van der Waals surface area contributed by atoms with Crippen LogP contribution in [0.25, 0.3) is 0 Å². The summed E-state index contributed by atoms with van der Waals surface area (Å²) in [4.78, 5) is 9.44. The SMILES string of the molecule is COCCN1CC[C@H]2CN(Cc3cccnc3)CC[C@@H]21. The summed E-state index contributed by atoms with van der Waals surface area (Å²) in [5.41, 5.74) is 1.33. The van der Waals surface area contributed by atoms with E-state index in [1.807, 2.05) is 18.5 Å². The Hall–Kier alpha value is -0.970. The van der Waals surface area contributed by atoms with Gasteiger partial charge in [-0.2, -0.15) is 0 Å². The van der Waals surface area contributed by atoms with Crippen molar-refractivity contribution in [2.75, 3.05) is 39.9 Å². The van der Waals surface area contributed by atoms with Crippen molar-refractivity contribution in [3.63, 3.8) is 0 Å². The van der Waals surface area contributed by atoms with Gasteiger partial charge < -0.3 is 4.74 Å². The zero-order valence-electron chi connectivity index (χ0n) is 12.4. The van der Waals surface area contributed by atoms with Gasteiger partial charge >= 0.3 is 0 Å². The molecule has 1 aromatic heterocycles. The Kier molecular flexibility index (Phi) is 4.65. The second-order valence-electron chi connectivity index (χ2n) is 6.03. The monoisotopic (exact) mass is 275 g/mol. The predicted molar refractivity (Wildman–Crippen MR) is 79.5 cm³/mol. The molecule has 20 heavy (non-hydrogen) atoms. The van der Waals surface area contributed by atoms with Crippen molar-refractivity contribution in [2.24, 2.45) is 5.92 Å². The number of rotatable bonds is 5. The minimum atomic E-state index is 0.787. The van der Waals surface area contributed by atoms with Crippen molar-refractivity contribution in [1.82, 2.24) is 14.8 Å². The molecule has 3 rings (SSSR count). The summed E-state index contributed by atoms with van der Waals surface area (Å²) in [5.74, 6) is 0.845. The third kappa shape index (κ3) is 3.19. The standard InChI is InChI=1S/C16H25N3O/c1-20-10-9-19-8-4-15-13-18(7-5-16(15)19)12-14-3-2-6-17-11-14/h2-3,6,11,15-16H,4-5,7-10,12-13H2,1H3/t15-,16-/m0/s1. The van der Waals surface area contributed by atoms with E-state index < -0.39 is 0 Å². The maximum atomic E-state index is 5.22. The van der Waals surface area contributed by atoms with E-state index in [1.54, 1.807) is 7.11 Å². The number of hydrogen-bond donors (Lipinski definition) is 0. The molecule has 2 aliphatic rings. The Morgan fingerprint density at radius 3 is 3.10 bits per heavy atom. The molecule has 0 spiro atoms. The van der Waals surface area contributed by atoms with Gasteiger partial charge in [-0.25, -0.2) is 0 Å². The first-order valence-electron chi connectivity index (χ1n) is 7.71. The molecular weight excluding hydrogens is 250 g/mol. The molecule has 2 aliphatic heterocycles. The second-order valence-corrected chi connectivity index (χ2v) is 6.03. The highest BCUT2D eigenvalue weighted by atomic mass is 16.5. The molecule has 3 heterocycles. The maximum absolute atomic E-state index is 5.22. The summed E-state index contributed by atoms with van der Waals surface area (Å²) in [6.07, 6.45) is 6.48. The van der Waals surface area contributed by atoms with Gasteiger partial charge in [0.1, 0.15) is 0 Å². The lowest BCUT2D eigenvalue weighted by molar-refractivity contribution is 0.0856. The summed E-state index contributed by atoms with van der Waals surface area (Å²) < 4.78 is 5.22. The predicted octanol–water partition coefficient (Wildman–Crippen LogP) is 1.62. The number of fused-ring (bicyclic) bond motifs is 1. The minimum absolute atomic E-state index is 0.787. The largest absolute Gasteiger partial charge is 0.383 e. The molecular formula is C16H25N3O. The average molecular weight is 275 g/mol. The molecule has 0 bridgehead atoms. The normalized spacial score (nSPS) is 27.6. The van der Waals surface area contributed by atoms with Crippen LogP contribution in [0.2, 0.25) is 0 Å². The lowest BCUT2D eigenvalue weighted by Gasteiger charge is -2.38. The van der Waals surface area contributed by atoms with Crippen molar-refractivity contribution in [3.8, 4) is 0 Å². The fourth-order valence-corrected chi connectivity index (χ4v) is 3.74. The van der Waals surface area contributed by atoms with Crippen LogP contribution >= 0.6 is 0 Å². The summed E-state index contributed by atoms with van der Waals surface area (Å²) in [7, 11) is 1.80. The van der Waals surface area contributed by atoms with E-state index in [0.29, 0.717) is 0 Å². The Morgan fingerprint density at radius 1 is 1.35 bits per heavy atom. The van der Waals surface area contributed by atoms with Crippen molar-refractivity contribution < 1.29 is 4.74 Å². The molecule has 0 amide bonds. The summed E-state index contributed by atoms with van der Waals surface area (Å²) in [5, 5.41) is 0. The Labute approximate surface area is 121 Å². The molecule has 110 valence electrons. The van der Waals surface area contributed by atoms with Crippen LogP contribution < -0.4 is 0 Å². The lowest BCUT2D eigenvalue weighted by Crippen LogP contribution is -2.46. The number of ether oxygens (including phenoxy) is 1. The van der Waals surface area contributed by atoms with Crippen LogP contribution in [0, 0.1) is 5.92 Å². The zero-order chi connectivity index (χ0) is 13.8. The molecule has 2 fully saturated rings. The number of nitrogens with zero attached hydrogens (tertiary/aromatic N) is 3. The van der Waals surface area contributed by atoms with Crippen LogP contribution in [0.15, 0.2) is 24.5 Å². The number of aromatic nitrogens is 1. The molecule has 0 saturated carbocycles. The van der Waals surface area contributed by atoms with Crippen LogP contribution in [-0.4, -0.2) is 60.7 Å². The molecule has 0 aliphatic carbocycles. The number of pyridine rings is 1. The molecule has 2 atom stereocenters. The average Bonchev–Trinajstić information content (AvgIpc) is 2.88. The van der Waals surface area contributed by atoms with Crippen LogP contribution in [-0.2, 0) is 11.3 Å². The first kappa shape index (κ1) is 14.0. The second kappa shape index (κ2) is 6.66. The van der Waals surface area contributed by atoms with E-state index in [1.165, 1.54) is 38.0 Å². The molecule has 1 aromatic rings. The van der Waals surface area contributed by atoms with Gasteiger partial charge in [-0.3, -0.25) is 14.8 Å². The van der Waals surface area contributed by atoms with Crippen molar-refractivity contribution in [1.29, 1.82) is 0 Å². The third-order valence-corrected chi connectivity index (χ3v) is 4.75. The highest BCUT2D eigenvalue weighted by Crippen LogP contribution is 2.31. The van der Waals surface area contributed by atoms with Crippen molar-refractivity contribution >= 4 is 0 Å². The van der Waals surface area contributed by atoms with E-state index in [-0.39, 0.29) is 0 Å². The molecule has 4 heteroatoms. The Bertz CT molecular complexity index is 411. The molecule has 0 N–H and O–H groups in total. The van der Waals surface area contributed by atoms with Crippen LogP contribution in [0.1, 0.15) is 18.4 Å². The van der Waals surface area contributed by atoms with Gasteiger partial charge in [0, 0.05) is 45.2 Å². The Morgan fingerprint density at radius 2 is 2.30 bits per heavy atom. The van der Waals surface area contributed by atoms with Gasteiger partial charge in [0.05, 0.1) is 6.61 Å². The fraction of sp³-hybridized carbons (Fsp3) is 0.688. The van der Waals surface area contributed by atoms with Gasteiger partial charge in [0.15, 0.2) is 0 Å². The van der Waals surface area contributed by atoms with Crippen LogP contribution in [0.4, 0.5) is 0 Å². The topological polar surface area (TPSA) is 28.6 Å². The van der Waals surface area contributed by atoms with E-state index >= 15 is 0 Å². The van der Waals surface area contributed by atoms with Crippen LogP contribution in [0.5, 0.6) is 0 Å². The number of hydrogen-bond acceptors (Lipinski definition) is 4. The highest BCUT2D eigenvalue weighted by molar-refractivity contribution is 5.08. The first-order valence-corrected chi connectivity index (χ1v) is 7.71. The van der Waals surface area contributed by atoms with Gasteiger partial charge in [0.25, 0.3) is 0 Å². The first-order chi connectivity index (χ1) is 9.86. The van der Waals surface area contributed by atoms with E-state index in [2.05, 4.69) is 20.9 Å². The number of methoxy groups -OCH3 is 1. The van der Waals surface area contributed by atoms with E-state index in [0.717, 1.165) is 31.7 Å². The minimum Gasteiger partial charge on any atom is -0.383 e. The summed E-state index contributed by atoms with van der Waals surface area (Å²) in [6, 6.07) is 5.00. The third-order valence-electron chi connectivity index (χ3n) is 4.75. The quantitative estimate of drug-likeness (QED) is 0.816. The fourth-order valence-electron chi connectivity index (χ4n) is 3.74. The van der Waals surface area contributed by atoms with Crippen LogP contribution in [0.3, 0.4) is 0 Å². The number of likely N-dealkylation sites (tertiary alicyclic amines) is 2. The molecule has 2 saturated heterocycles. The smallest absolute Gasteiger partial charge is 0.0589 e. The Balaban J connectivity index is 1.53. The number of piperidine rings is 1. The van der Waals surface area contributed by atoms with Gasteiger partial charge in [0.2, 0.25) is 0 Å². The molecule has 0 radical (unpaired) electrons. The van der Waals surface area contributed by atoms with Gasteiger partial charge in [-0.15, -0.1) is 0 Å². The zero-order valence-corrected chi connectivity index (χ0v) is 12.4. The maximum Gasteiger partial charge on any atom is 0.0589 e. The van der Waals surface area contributed by atoms with E-state index in [4.69, 9.17) is 4.74 Å². The highest BCUT2D eigenvalue weighted by Gasteiger charge is 2.37. The van der Waals surface area contributed by atoms with Crippen molar-refractivity contribution in [3.05, 3.63) is 30.1 Å². The molecule has 0 aromatic carbocycles. The molecule has 4 nitrogen and oxygen atoms in total. The summed E-state index contributed by atoms with van der Waals surface area (Å²) in [6.45, 7) is 6.71.